The van der Waals surface area contributed by atoms with Gasteiger partial charge < -0.3 is 24.8 Å². The van der Waals surface area contributed by atoms with Gasteiger partial charge >= 0.3 is 11.9 Å². The van der Waals surface area contributed by atoms with E-state index < -0.39 is 30.9 Å². The Morgan fingerprint density at radius 2 is 1.18 bits per heavy atom. The predicted octanol–water partition coefficient (Wildman–Crippen LogP) is 9.88. The van der Waals surface area contributed by atoms with Gasteiger partial charge in [-0.05, 0) is 25.7 Å². The summed E-state index contributed by atoms with van der Waals surface area (Å²) in [7, 11) is 0. The zero-order valence-corrected chi connectivity index (χ0v) is 32.8. The maximum Gasteiger partial charge on any atom is 0.306 e. The number of rotatable bonds is 35. The Morgan fingerprint density at radius 3 is 1.71 bits per heavy atom. The minimum Gasteiger partial charge on any atom is -0.462 e. The van der Waals surface area contributed by atoms with Crippen molar-refractivity contribution in [2.24, 2.45) is 11.8 Å². The van der Waals surface area contributed by atoms with Crippen LogP contribution in [0.2, 0.25) is 0 Å². The summed E-state index contributed by atoms with van der Waals surface area (Å²) in [6.07, 6.45) is 31.7. The zero-order chi connectivity index (χ0) is 37.4. The van der Waals surface area contributed by atoms with Crippen LogP contribution < -0.4 is 0 Å². The SMILES string of the molecule is CCCCCCCCCCCCCCCCCCCC(=O)OC[C@H](CO)OC(=O)CCCCCC[C@H]1C(=O)C[C@@H](O)[C@@H]1/C=C/[C@@H](O)CCCCC. The van der Waals surface area contributed by atoms with Crippen molar-refractivity contribution in [3.63, 3.8) is 0 Å². The van der Waals surface area contributed by atoms with Crippen LogP contribution in [0.4, 0.5) is 0 Å². The minimum atomic E-state index is -0.855. The molecule has 5 atom stereocenters. The third-order valence-corrected chi connectivity index (χ3v) is 10.5. The summed E-state index contributed by atoms with van der Waals surface area (Å²) in [6.45, 7) is 3.86. The van der Waals surface area contributed by atoms with Crippen molar-refractivity contribution in [2.45, 2.75) is 218 Å². The second-order valence-corrected chi connectivity index (χ2v) is 15.2. The number of aliphatic hydroxyl groups is 3. The van der Waals surface area contributed by atoms with Crippen molar-refractivity contribution in [1.82, 2.24) is 0 Å². The van der Waals surface area contributed by atoms with E-state index in [-0.39, 0.29) is 43.0 Å². The molecule has 298 valence electrons. The molecule has 0 amide bonds. The summed E-state index contributed by atoms with van der Waals surface area (Å²) in [5.74, 6) is -1.14. The third kappa shape index (κ3) is 25.8. The molecule has 1 aliphatic rings. The molecule has 0 aromatic heterocycles. The summed E-state index contributed by atoms with van der Waals surface area (Å²) < 4.78 is 10.6. The summed E-state index contributed by atoms with van der Waals surface area (Å²) in [4.78, 5) is 37.0. The lowest BCUT2D eigenvalue weighted by Crippen LogP contribution is -2.28. The van der Waals surface area contributed by atoms with Crippen LogP contribution in [0.15, 0.2) is 12.2 Å². The molecule has 1 aliphatic carbocycles. The van der Waals surface area contributed by atoms with Gasteiger partial charge in [-0.15, -0.1) is 0 Å². The molecule has 8 heteroatoms. The van der Waals surface area contributed by atoms with E-state index in [1.54, 1.807) is 6.08 Å². The number of carbonyl (C=O) groups is 3. The van der Waals surface area contributed by atoms with Crippen LogP contribution in [0, 0.1) is 11.8 Å². The van der Waals surface area contributed by atoms with Crippen LogP contribution in [0.1, 0.15) is 200 Å². The summed E-state index contributed by atoms with van der Waals surface area (Å²) in [5.41, 5.74) is 0. The van der Waals surface area contributed by atoms with Gasteiger partial charge in [0.2, 0.25) is 0 Å². The van der Waals surface area contributed by atoms with Gasteiger partial charge in [-0.25, -0.2) is 0 Å². The maximum atomic E-state index is 12.5. The molecule has 51 heavy (non-hydrogen) atoms. The molecule has 0 unspecified atom stereocenters. The molecule has 0 aromatic rings. The van der Waals surface area contributed by atoms with Gasteiger partial charge in [0.1, 0.15) is 12.4 Å². The van der Waals surface area contributed by atoms with Crippen molar-refractivity contribution in [3.05, 3.63) is 12.2 Å². The Morgan fingerprint density at radius 1 is 0.706 bits per heavy atom. The first-order chi connectivity index (χ1) is 24.8. The largest absolute Gasteiger partial charge is 0.462 e. The average molecular weight is 723 g/mol. The smallest absolute Gasteiger partial charge is 0.306 e. The first-order valence-corrected chi connectivity index (χ1v) is 21.3. The third-order valence-electron chi connectivity index (χ3n) is 10.5. The Hall–Kier alpha value is -1.77. The van der Waals surface area contributed by atoms with E-state index in [1.165, 1.54) is 89.9 Å². The number of aliphatic hydroxyl groups excluding tert-OH is 3. The van der Waals surface area contributed by atoms with Crippen molar-refractivity contribution in [1.29, 1.82) is 0 Å². The van der Waals surface area contributed by atoms with Gasteiger partial charge in [-0.3, -0.25) is 14.4 Å². The minimum absolute atomic E-state index is 0.0807. The Balaban J connectivity index is 2.04. The Bertz CT molecular complexity index is 889. The number of unbranched alkanes of at least 4 members (excludes halogenated alkanes) is 21. The van der Waals surface area contributed by atoms with Gasteiger partial charge in [0, 0.05) is 31.1 Å². The van der Waals surface area contributed by atoms with E-state index in [0.717, 1.165) is 57.8 Å². The Labute approximate surface area is 311 Å². The molecule has 0 spiro atoms. The molecule has 3 N–H and O–H groups in total. The molecule has 1 saturated carbocycles. The zero-order valence-electron chi connectivity index (χ0n) is 32.8. The summed E-state index contributed by atoms with van der Waals surface area (Å²) in [6, 6.07) is 0. The van der Waals surface area contributed by atoms with Crippen LogP contribution >= 0.6 is 0 Å². The number of ether oxygens (including phenoxy) is 2. The second kappa shape index (κ2) is 32.8. The number of ketones is 1. The van der Waals surface area contributed by atoms with Crippen LogP contribution in [0.3, 0.4) is 0 Å². The van der Waals surface area contributed by atoms with Gasteiger partial charge in [0.05, 0.1) is 18.8 Å². The van der Waals surface area contributed by atoms with Crippen molar-refractivity contribution < 1.29 is 39.2 Å². The van der Waals surface area contributed by atoms with E-state index >= 15 is 0 Å². The fourth-order valence-corrected chi connectivity index (χ4v) is 7.16. The molecule has 0 bridgehead atoms. The van der Waals surface area contributed by atoms with E-state index in [9.17, 15) is 29.7 Å². The molecular formula is C43H78O8. The average Bonchev–Trinajstić information content (AvgIpc) is 3.39. The topological polar surface area (TPSA) is 130 Å². The highest BCUT2D eigenvalue weighted by atomic mass is 16.6. The maximum absolute atomic E-state index is 12.5. The standard InChI is InChI=1S/C43H78O8/c1-3-5-7-8-9-10-11-12-13-14-15-16-17-18-19-20-25-29-42(48)50-35-37(34-44)51-43(49)30-26-22-21-24-28-38-39(41(47)33-40(38)46)32-31-36(45)27-23-6-4-2/h31-32,36-39,41,44-45,47H,3-30,33-35H2,1-2H3/b32-31+/t36-,37-,38+,39+,41+/m0/s1. The van der Waals surface area contributed by atoms with Gasteiger partial charge in [0.15, 0.2) is 6.10 Å². The fourth-order valence-electron chi connectivity index (χ4n) is 7.16. The molecule has 0 saturated heterocycles. The molecular weight excluding hydrogens is 644 g/mol. The van der Waals surface area contributed by atoms with E-state index in [2.05, 4.69) is 13.8 Å². The lowest BCUT2D eigenvalue weighted by atomic mass is 9.88. The van der Waals surface area contributed by atoms with E-state index in [4.69, 9.17) is 9.47 Å². The highest BCUT2D eigenvalue weighted by molar-refractivity contribution is 5.84. The molecule has 1 rings (SSSR count). The van der Waals surface area contributed by atoms with Crippen LogP contribution in [-0.2, 0) is 23.9 Å². The molecule has 0 aromatic carbocycles. The number of carbonyl (C=O) groups excluding carboxylic acids is 3. The number of Topliss-reactive ketones (excluding diaryl/α,β-unsaturated/α-hetero) is 1. The van der Waals surface area contributed by atoms with Gasteiger partial charge in [-0.2, -0.15) is 0 Å². The van der Waals surface area contributed by atoms with Crippen molar-refractivity contribution in [3.8, 4) is 0 Å². The lowest BCUT2D eigenvalue weighted by molar-refractivity contribution is -0.161. The van der Waals surface area contributed by atoms with Crippen LogP contribution in [0.25, 0.3) is 0 Å². The molecule has 8 nitrogen and oxygen atoms in total. The lowest BCUT2D eigenvalue weighted by Gasteiger charge is -2.18. The predicted molar refractivity (Wildman–Crippen MR) is 206 cm³/mol. The first kappa shape index (κ1) is 47.3. The second-order valence-electron chi connectivity index (χ2n) is 15.2. The highest BCUT2D eigenvalue weighted by Gasteiger charge is 2.39. The van der Waals surface area contributed by atoms with Gasteiger partial charge in [0.25, 0.3) is 0 Å². The Kier molecular flexibility index (Phi) is 30.4. The fraction of sp³-hybridized carbons (Fsp3) is 0.884. The highest BCUT2D eigenvalue weighted by Crippen LogP contribution is 2.34. The number of hydrogen-bond donors (Lipinski definition) is 3. The number of esters is 2. The summed E-state index contributed by atoms with van der Waals surface area (Å²) >= 11 is 0. The van der Waals surface area contributed by atoms with E-state index in [0.29, 0.717) is 25.7 Å². The quantitative estimate of drug-likeness (QED) is 0.0335. The molecule has 0 aliphatic heterocycles. The van der Waals surface area contributed by atoms with Crippen molar-refractivity contribution >= 4 is 17.7 Å². The first-order valence-electron chi connectivity index (χ1n) is 21.3. The monoisotopic (exact) mass is 723 g/mol. The van der Waals surface area contributed by atoms with Crippen LogP contribution in [0.5, 0.6) is 0 Å². The van der Waals surface area contributed by atoms with Gasteiger partial charge in [-0.1, -0.05) is 167 Å². The van der Waals surface area contributed by atoms with Crippen LogP contribution in [-0.4, -0.2) is 64.6 Å². The molecule has 1 fully saturated rings. The molecule has 0 heterocycles. The van der Waals surface area contributed by atoms with E-state index in [1.807, 2.05) is 6.08 Å². The summed E-state index contributed by atoms with van der Waals surface area (Å²) in [5, 5.41) is 30.2. The normalized spacial score (nSPS) is 18.8. The number of hydrogen-bond acceptors (Lipinski definition) is 8. The van der Waals surface area contributed by atoms with Crippen molar-refractivity contribution in [2.75, 3.05) is 13.2 Å². The molecule has 0 radical (unpaired) electrons.